The summed E-state index contributed by atoms with van der Waals surface area (Å²) in [5, 5.41) is 14.5. The highest BCUT2D eigenvalue weighted by Crippen LogP contribution is 2.21. The predicted molar refractivity (Wildman–Crippen MR) is 82.1 cm³/mol. The van der Waals surface area contributed by atoms with Crippen LogP contribution in [0.2, 0.25) is 4.34 Å². The standard InChI is InChI=1S/C13H10ClN3O3S/c1-8(11-6-7-12(14)21-11)15-16-13(18)9-2-4-10(5-3-9)17(19)20/h2-7H,1H3,(H,16,18)/b15-8+. The van der Waals surface area contributed by atoms with Crippen LogP contribution in [0.4, 0.5) is 5.69 Å². The van der Waals surface area contributed by atoms with Crippen LogP contribution in [0.3, 0.4) is 0 Å². The van der Waals surface area contributed by atoms with E-state index < -0.39 is 10.8 Å². The summed E-state index contributed by atoms with van der Waals surface area (Å²) >= 11 is 7.18. The molecule has 1 amide bonds. The Morgan fingerprint density at radius 1 is 1.29 bits per heavy atom. The third kappa shape index (κ3) is 3.87. The Morgan fingerprint density at radius 3 is 2.48 bits per heavy atom. The van der Waals surface area contributed by atoms with Gasteiger partial charge in [0.1, 0.15) is 0 Å². The van der Waals surface area contributed by atoms with Gasteiger partial charge in [0.05, 0.1) is 19.8 Å². The maximum atomic E-state index is 11.9. The van der Waals surface area contributed by atoms with Crippen LogP contribution >= 0.6 is 22.9 Å². The number of hydrazone groups is 1. The zero-order chi connectivity index (χ0) is 15.4. The van der Waals surface area contributed by atoms with Gasteiger partial charge in [0.25, 0.3) is 11.6 Å². The van der Waals surface area contributed by atoms with Crippen molar-refractivity contribution in [2.75, 3.05) is 0 Å². The summed E-state index contributed by atoms with van der Waals surface area (Å²) in [5.41, 5.74) is 3.25. The fourth-order valence-electron chi connectivity index (χ4n) is 1.50. The monoisotopic (exact) mass is 323 g/mol. The van der Waals surface area contributed by atoms with Crippen LogP contribution < -0.4 is 5.43 Å². The number of nitrogens with zero attached hydrogens (tertiary/aromatic N) is 2. The quantitative estimate of drug-likeness (QED) is 0.531. The zero-order valence-corrected chi connectivity index (χ0v) is 12.4. The number of carbonyl (C=O) groups excluding carboxylic acids is 1. The molecule has 1 heterocycles. The van der Waals surface area contributed by atoms with Crippen molar-refractivity contribution in [3.8, 4) is 0 Å². The minimum absolute atomic E-state index is 0.0699. The first kappa shape index (κ1) is 15.1. The number of nitrogens with one attached hydrogen (secondary N) is 1. The van der Waals surface area contributed by atoms with Crippen LogP contribution in [0, 0.1) is 10.1 Å². The van der Waals surface area contributed by atoms with E-state index in [9.17, 15) is 14.9 Å². The van der Waals surface area contributed by atoms with Gasteiger partial charge in [-0.3, -0.25) is 14.9 Å². The molecule has 1 aromatic heterocycles. The third-order valence-electron chi connectivity index (χ3n) is 2.60. The second-order valence-corrected chi connectivity index (χ2v) is 5.76. The molecule has 0 saturated carbocycles. The summed E-state index contributed by atoms with van der Waals surface area (Å²) in [4.78, 5) is 22.7. The average molecular weight is 324 g/mol. The smallest absolute Gasteiger partial charge is 0.267 e. The molecule has 8 heteroatoms. The summed E-state index contributed by atoms with van der Waals surface area (Å²) in [5.74, 6) is -0.438. The van der Waals surface area contributed by atoms with Gasteiger partial charge in [-0.2, -0.15) is 5.10 Å². The molecule has 0 atom stereocenters. The summed E-state index contributed by atoms with van der Waals surface area (Å²) in [7, 11) is 0. The predicted octanol–water partition coefficient (Wildman–Crippen LogP) is 3.46. The van der Waals surface area contributed by atoms with Crippen molar-refractivity contribution in [3.05, 3.63) is 61.3 Å². The Labute approximate surface area is 129 Å². The normalized spacial score (nSPS) is 11.2. The van der Waals surface area contributed by atoms with E-state index in [1.165, 1.54) is 35.6 Å². The molecular weight excluding hydrogens is 314 g/mol. The Kier molecular flexibility index (Phi) is 4.66. The number of nitro groups is 1. The molecular formula is C13H10ClN3O3S. The maximum absolute atomic E-state index is 11.9. The topological polar surface area (TPSA) is 84.6 Å². The molecule has 0 bridgehead atoms. The highest BCUT2D eigenvalue weighted by Gasteiger charge is 2.09. The summed E-state index contributed by atoms with van der Waals surface area (Å²) < 4.78 is 0.640. The number of non-ortho nitro benzene ring substituents is 1. The fraction of sp³-hybridized carbons (Fsp3) is 0.0769. The molecule has 6 nitrogen and oxygen atoms in total. The van der Waals surface area contributed by atoms with Crippen LogP contribution in [0.25, 0.3) is 0 Å². The first-order chi connectivity index (χ1) is 9.97. The van der Waals surface area contributed by atoms with Gasteiger partial charge < -0.3 is 0 Å². The van der Waals surface area contributed by atoms with Crippen molar-refractivity contribution in [2.45, 2.75) is 6.92 Å². The fourth-order valence-corrected chi connectivity index (χ4v) is 2.49. The lowest BCUT2D eigenvalue weighted by Crippen LogP contribution is -2.19. The van der Waals surface area contributed by atoms with Crippen LogP contribution in [0.15, 0.2) is 41.5 Å². The van der Waals surface area contributed by atoms with Crippen LogP contribution in [-0.4, -0.2) is 16.5 Å². The lowest BCUT2D eigenvalue weighted by molar-refractivity contribution is -0.384. The number of hydrogen-bond acceptors (Lipinski definition) is 5. The van der Waals surface area contributed by atoms with E-state index in [0.717, 1.165) is 4.88 Å². The number of halogens is 1. The van der Waals surface area contributed by atoms with Gasteiger partial charge in [-0.05, 0) is 31.2 Å². The number of carbonyl (C=O) groups is 1. The molecule has 1 N–H and O–H groups in total. The molecule has 108 valence electrons. The highest BCUT2D eigenvalue weighted by atomic mass is 35.5. The van der Waals surface area contributed by atoms with E-state index in [2.05, 4.69) is 10.5 Å². The van der Waals surface area contributed by atoms with Crippen molar-refractivity contribution < 1.29 is 9.72 Å². The second-order valence-electron chi connectivity index (χ2n) is 4.05. The summed E-state index contributed by atoms with van der Waals surface area (Å²) in [6.07, 6.45) is 0. The molecule has 0 spiro atoms. The third-order valence-corrected chi connectivity index (χ3v) is 3.94. The molecule has 21 heavy (non-hydrogen) atoms. The summed E-state index contributed by atoms with van der Waals surface area (Å²) in [6.45, 7) is 1.75. The van der Waals surface area contributed by atoms with Gasteiger partial charge in [0.2, 0.25) is 0 Å². The number of benzene rings is 1. The largest absolute Gasteiger partial charge is 0.271 e. The molecule has 0 aliphatic heterocycles. The number of thiophene rings is 1. The number of amides is 1. The van der Waals surface area contributed by atoms with E-state index in [0.29, 0.717) is 15.6 Å². The first-order valence-electron chi connectivity index (χ1n) is 5.82. The zero-order valence-electron chi connectivity index (χ0n) is 10.9. The molecule has 1 aromatic carbocycles. The van der Waals surface area contributed by atoms with E-state index in [-0.39, 0.29) is 5.69 Å². The van der Waals surface area contributed by atoms with Crippen LogP contribution in [0.5, 0.6) is 0 Å². The first-order valence-corrected chi connectivity index (χ1v) is 7.01. The van der Waals surface area contributed by atoms with Crippen molar-refractivity contribution in [2.24, 2.45) is 5.10 Å². The Balaban J connectivity index is 2.06. The second kappa shape index (κ2) is 6.47. The Bertz CT molecular complexity index is 710. The van der Waals surface area contributed by atoms with Crippen LogP contribution in [0.1, 0.15) is 22.2 Å². The summed E-state index contributed by atoms with van der Waals surface area (Å²) in [6, 6.07) is 8.85. The molecule has 0 radical (unpaired) electrons. The minimum atomic E-state index is -0.523. The Morgan fingerprint density at radius 2 is 1.95 bits per heavy atom. The van der Waals surface area contributed by atoms with Crippen LogP contribution in [-0.2, 0) is 0 Å². The Hall–Kier alpha value is -2.25. The molecule has 0 fully saturated rings. The van der Waals surface area contributed by atoms with Crippen molar-refractivity contribution in [3.63, 3.8) is 0 Å². The highest BCUT2D eigenvalue weighted by molar-refractivity contribution is 7.18. The minimum Gasteiger partial charge on any atom is -0.267 e. The van der Waals surface area contributed by atoms with E-state index in [4.69, 9.17) is 11.6 Å². The van der Waals surface area contributed by atoms with Gasteiger partial charge in [-0.15, -0.1) is 11.3 Å². The molecule has 0 unspecified atom stereocenters. The van der Waals surface area contributed by atoms with Gasteiger partial charge in [0.15, 0.2) is 0 Å². The van der Waals surface area contributed by atoms with Gasteiger partial charge in [-0.25, -0.2) is 5.43 Å². The van der Waals surface area contributed by atoms with E-state index in [1.54, 1.807) is 13.0 Å². The van der Waals surface area contributed by atoms with E-state index >= 15 is 0 Å². The molecule has 2 rings (SSSR count). The van der Waals surface area contributed by atoms with Crippen molar-refractivity contribution >= 4 is 40.2 Å². The number of rotatable bonds is 4. The van der Waals surface area contributed by atoms with E-state index in [1.807, 2.05) is 6.07 Å². The lowest BCUT2D eigenvalue weighted by atomic mass is 10.2. The molecule has 0 saturated heterocycles. The molecule has 0 aliphatic rings. The van der Waals surface area contributed by atoms with Crippen molar-refractivity contribution in [1.29, 1.82) is 0 Å². The maximum Gasteiger partial charge on any atom is 0.271 e. The lowest BCUT2D eigenvalue weighted by Gasteiger charge is -2.01. The molecule has 2 aromatic rings. The van der Waals surface area contributed by atoms with Crippen molar-refractivity contribution in [1.82, 2.24) is 5.43 Å². The number of hydrogen-bond donors (Lipinski definition) is 1. The molecule has 0 aliphatic carbocycles. The average Bonchev–Trinajstić information content (AvgIpc) is 2.91. The van der Waals surface area contributed by atoms with Gasteiger partial charge in [-0.1, -0.05) is 11.6 Å². The number of nitro benzene ring substituents is 1. The SMILES string of the molecule is C/C(=N\NC(=O)c1ccc([N+](=O)[O-])cc1)c1ccc(Cl)s1. The van der Waals surface area contributed by atoms with Gasteiger partial charge in [0, 0.05) is 17.7 Å². The van der Waals surface area contributed by atoms with Gasteiger partial charge >= 0.3 is 0 Å².